The van der Waals surface area contributed by atoms with Gasteiger partial charge in [0.2, 0.25) is 0 Å². The molecule has 0 saturated carbocycles. The van der Waals surface area contributed by atoms with Gasteiger partial charge in [0, 0.05) is 13.6 Å². The van der Waals surface area contributed by atoms with Gasteiger partial charge in [0.1, 0.15) is 5.15 Å². The number of amides is 2. The lowest BCUT2D eigenvalue weighted by Crippen LogP contribution is -2.45. The summed E-state index contributed by atoms with van der Waals surface area (Å²) in [6.07, 6.45) is 1.54. The molecule has 22 heavy (non-hydrogen) atoms. The van der Waals surface area contributed by atoms with Crippen molar-refractivity contribution in [2.75, 3.05) is 25.1 Å². The zero-order valence-corrected chi connectivity index (χ0v) is 13.0. The largest absolute Gasteiger partial charge is 0.377 e. The monoisotopic (exact) mass is 320 g/mol. The number of halogens is 1. The van der Waals surface area contributed by atoms with Gasteiger partial charge in [0.15, 0.2) is 0 Å². The van der Waals surface area contributed by atoms with Gasteiger partial charge in [-0.15, -0.1) is 0 Å². The SMILES string of the molecule is Cn1ncc(NC(=O)N2CCOCC2c2ccccc2)c1Cl. The zero-order valence-electron chi connectivity index (χ0n) is 12.2. The van der Waals surface area contributed by atoms with E-state index in [1.54, 1.807) is 11.9 Å². The van der Waals surface area contributed by atoms with Gasteiger partial charge >= 0.3 is 6.03 Å². The van der Waals surface area contributed by atoms with Gasteiger partial charge in [-0.3, -0.25) is 4.68 Å². The minimum atomic E-state index is -0.202. The molecule has 7 heteroatoms. The van der Waals surface area contributed by atoms with Crippen LogP contribution >= 0.6 is 11.6 Å². The molecule has 6 nitrogen and oxygen atoms in total. The first kappa shape index (κ1) is 14.9. The van der Waals surface area contributed by atoms with Gasteiger partial charge < -0.3 is 15.0 Å². The third kappa shape index (κ3) is 2.93. The Balaban J connectivity index is 1.78. The van der Waals surface area contributed by atoms with E-state index >= 15 is 0 Å². The van der Waals surface area contributed by atoms with E-state index in [1.807, 2.05) is 30.3 Å². The molecule has 1 aliphatic rings. The number of anilines is 1. The highest BCUT2D eigenvalue weighted by atomic mass is 35.5. The van der Waals surface area contributed by atoms with Crippen molar-refractivity contribution >= 4 is 23.3 Å². The van der Waals surface area contributed by atoms with Crippen molar-refractivity contribution in [1.82, 2.24) is 14.7 Å². The molecule has 0 bridgehead atoms. The lowest BCUT2D eigenvalue weighted by molar-refractivity contribution is 0.0148. The average molecular weight is 321 g/mol. The highest BCUT2D eigenvalue weighted by Gasteiger charge is 2.29. The number of aryl methyl sites for hydroxylation is 1. The zero-order chi connectivity index (χ0) is 15.5. The summed E-state index contributed by atoms with van der Waals surface area (Å²) in [5.74, 6) is 0. The van der Waals surface area contributed by atoms with Gasteiger partial charge in [0.05, 0.1) is 31.1 Å². The highest BCUT2D eigenvalue weighted by molar-refractivity contribution is 6.32. The number of urea groups is 1. The van der Waals surface area contributed by atoms with E-state index in [-0.39, 0.29) is 12.1 Å². The van der Waals surface area contributed by atoms with Crippen molar-refractivity contribution in [2.24, 2.45) is 7.05 Å². The van der Waals surface area contributed by atoms with Crippen LogP contribution < -0.4 is 5.32 Å². The second kappa shape index (κ2) is 6.37. The topological polar surface area (TPSA) is 59.4 Å². The Morgan fingerprint density at radius 2 is 2.18 bits per heavy atom. The molecule has 1 unspecified atom stereocenters. The molecule has 1 aromatic carbocycles. The molecule has 1 atom stereocenters. The molecule has 0 spiro atoms. The summed E-state index contributed by atoms with van der Waals surface area (Å²) in [5.41, 5.74) is 1.56. The predicted molar refractivity (Wildman–Crippen MR) is 83.9 cm³/mol. The summed E-state index contributed by atoms with van der Waals surface area (Å²) in [4.78, 5) is 14.3. The van der Waals surface area contributed by atoms with Crippen LogP contribution in [0.3, 0.4) is 0 Å². The van der Waals surface area contributed by atoms with Gasteiger partial charge in [-0.1, -0.05) is 41.9 Å². The molecule has 2 amide bonds. The third-order valence-corrected chi connectivity index (χ3v) is 4.13. The first-order valence-electron chi connectivity index (χ1n) is 7.04. The molecule has 116 valence electrons. The molecule has 1 aliphatic heterocycles. The number of hydrogen-bond donors (Lipinski definition) is 1. The van der Waals surface area contributed by atoms with Crippen LogP contribution in [0.1, 0.15) is 11.6 Å². The fourth-order valence-electron chi connectivity index (χ4n) is 2.49. The number of morpholine rings is 1. The van der Waals surface area contributed by atoms with Gasteiger partial charge in [-0.25, -0.2) is 4.79 Å². The van der Waals surface area contributed by atoms with E-state index in [4.69, 9.17) is 16.3 Å². The molecule has 1 N–H and O–H groups in total. The summed E-state index contributed by atoms with van der Waals surface area (Å²) < 4.78 is 7.04. The number of nitrogens with zero attached hydrogens (tertiary/aromatic N) is 3. The predicted octanol–water partition coefficient (Wildman–Crippen LogP) is 2.68. The molecular weight excluding hydrogens is 304 g/mol. The van der Waals surface area contributed by atoms with Crippen LogP contribution in [-0.4, -0.2) is 40.5 Å². The van der Waals surface area contributed by atoms with E-state index in [1.165, 1.54) is 10.9 Å². The van der Waals surface area contributed by atoms with E-state index in [0.717, 1.165) is 5.56 Å². The van der Waals surface area contributed by atoms with Crippen LogP contribution in [0.15, 0.2) is 36.5 Å². The van der Waals surface area contributed by atoms with E-state index < -0.39 is 0 Å². The van der Waals surface area contributed by atoms with E-state index in [0.29, 0.717) is 30.6 Å². The first-order chi connectivity index (χ1) is 10.7. The van der Waals surface area contributed by atoms with Crippen LogP contribution in [-0.2, 0) is 11.8 Å². The summed E-state index contributed by atoms with van der Waals surface area (Å²) in [6.45, 7) is 1.54. The number of carbonyl (C=O) groups excluding carboxylic acids is 1. The fourth-order valence-corrected chi connectivity index (χ4v) is 2.63. The number of aromatic nitrogens is 2. The van der Waals surface area contributed by atoms with Crippen LogP contribution in [0.4, 0.5) is 10.5 Å². The lowest BCUT2D eigenvalue weighted by atomic mass is 10.1. The Bertz CT molecular complexity index is 659. The number of carbonyl (C=O) groups is 1. The van der Waals surface area contributed by atoms with E-state index in [9.17, 15) is 4.79 Å². The average Bonchev–Trinajstić information content (AvgIpc) is 2.88. The molecule has 1 aromatic heterocycles. The first-order valence-corrected chi connectivity index (χ1v) is 7.42. The Morgan fingerprint density at radius 1 is 1.41 bits per heavy atom. The van der Waals surface area contributed by atoms with Crippen molar-refractivity contribution in [1.29, 1.82) is 0 Å². The summed E-state index contributed by atoms with van der Waals surface area (Å²) in [7, 11) is 1.72. The van der Waals surface area contributed by atoms with Crippen molar-refractivity contribution in [3.8, 4) is 0 Å². The molecular formula is C15H17ClN4O2. The van der Waals surface area contributed by atoms with Crippen LogP contribution in [0.5, 0.6) is 0 Å². The minimum absolute atomic E-state index is 0.106. The quantitative estimate of drug-likeness (QED) is 0.925. The minimum Gasteiger partial charge on any atom is -0.377 e. The van der Waals surface area contributed by atoms with Crippen LogP contribution in [0.2, 0.25) is 5.15 Å². The number of rotatable bonds is 2. The standard InChI is InChI=1S/C15H17ClN4O2/c1-19-14(16)12(9-17-19)18-15(21)20-7-8-22-10-13(20)11-5-3-2-4-6-11/h2-6,9,13H,7-8,10H2,1H3,(H,18,21). The van der Waals surface area contributed by atoms with Crippen molar-refractivity contribution < 1.29 is 9.53 Å². The summed E-state index contributed by atoms with van der Waals surface area (Å²) >= 11 is 6.09. The number of hydrogen-bond acceptors (Lipinski definition) is 3. The second-order valence-electron chi connectivity index (χ2n) is 5.10. The Labute approximate surface area is 133 Å². The van der Waals surface area contributed by atoms with Crippen LogP contribution in [0.25, 0.3) is 0 Å². The number of benzene rings is 1. The molecule has 0 radical (unpaired) electrons. The molecule has 2 aromatic rings. The van der Waals surface area contributed by atoms with Crippen molar-refractivity contribution in [2.45, 2.75) is 6.04 Å². The Kier molecular flexibility index (Phi) is 4.31. The second-order valence-corrected chi connectivity index (χ2v) is 5.46. The number of nitrogens with one attached hydrogen (secondary N) is 1. The summed E-state index contributed by atoms with van der Waals surface area (Å²) in [6, 6.07) is 9.55. The molecule has 1 fully saturated rings. The Hall–Kier alpha value is -2.05. The normalized spacial score (nSPS) is 18.3. The third-order valence-electron chi connectivity index (χ3n) is 3.68. The van der Waals surface area contributed by atoms with Gasteiger partial charge in [0.25, 0.3) is 0 Å². The smallest absolute Gasteiger partial charge is 0.322 e. The Morgan fingerprint density at radius 3 is 2.86 bits per heavy atom. The summed E-state index contributed by atoms with van der Waals surface area (Å²) in [5, 5.41) is 7.24. The maximum Gasteiger partial charge on any atom is 0.322 e. The molecule has 0 aliphatic carbocycles. The number of ether oxygens (including phenoxy) is 1. The van der Waals surface area contributed by atoms with E-state index in [2.05, 4.69) is 10.4 Å². The van der Waals surface area contributed by atoms with Gasteiger partial charge in [-0.2, -0.15) is 5.10 Å². The maximum absolute atomic E-state index is 12.6. The van der Waals surface area contributed by atoms with Gasteiger partial charge in [-0.05, 0) is 5.56 Å². The molecule has 3 rings (SSSR count). The van der Waals surface area contributed by atoms with Crippen LogP contribution in [0, 0.1) is 0 Å². The molecule has 2 heterocycles. The maximum atomic E-state index is 12.6. The lowest BCUT2D eigenvalue weighted by Gasteiger charge is -2.35. The molecule has 1 saturated heterocycles. The highest BCUT2D eigenvalue weighted by Crippen LogP contribution is 2.26. The fraction of sp³-hybridized carbons (Fsp3) is 0.333. The van der Waals surface area contributed by atoms with Crippen molar-refractivity contribution in [3.05, 3.63) is 47.2 Å². The van der Waals surface area contributed by atoms with Crippen molar-refractivity contribution in [3.63, 3.8) is 0 Å².